The maximum absolute atomic E-state index is 13.5. The highest BCUT2D eigenvalue weighted by Gasteiger charge is 2.61. The van der Waals surface area contributed by atoms with Gasteiger partial charge in [-0.25, -0.2) is 0 Å². The lowest BCUT2D eigenvalue weighted by atomic mass is 9.61. The van der Waals surface area contributed by atoms with Crippen LogP contribution >= 0.6 is 0 Å². The molecule has 0 radical (unpaired) electrons. The van der Waals surface area contributed by atoms with Crippen molar-refractivity contribution in [2.75, 3.05) is 25.5 Å². The van der Waals surface area contributed by atoms with Crippen LogP contribution in [0.25, 0.3) is 11.4 Å². The van der Waals surface area contributed by atoms with Crippen LogP contribution in [0.2, 0.25) is 0 Å². The Morgan fingerprint density at radius 1 is 1.00 bits per heavy atom. The van der Waals surface area contributed by atoms with Crippen molar-refractivity contribution in [1.29, 1.82) is 5.26 Å². The van der Waals surface area contributed by atoms with E-state index in [0.717, 1.165) is 42.7 Å². The average molecular weight is 581 g/mol. The number of nitrogens with one attached hydrogen (secondary N) is 2. The summed E-state index contributed by atoms with van der Waals surface area (Å²) in [5.74, 6) is -0.126. The van der Waals surface area contributed by atoms with E-state index in [4.69, 9.17) is 5.26 Å². The minimum Gasteiger partial charge on any atom is -0.361 e. The molecule has 7 rings (SSSR count). The molecule has 0 unspecified atom stereocenters. The lowest BCUT2D eigenvalue weighted by Crippen LogP contribution is -2.69. The van der Waals surface area contributed by atoms with Crippen molar-refractivity contribution < 1.29 is 13.2 Å². The molecule has 2 atom stereocenters. The van der Waals surface area contributed by atoms with Gasteiger partial charge in [0.25, 0.3) is 5.91 Å². The van der Waals surface area contributed by atoms with Crippen molar-refractivity contribution >= 4 is 21.6 Å². The Balaban J connectivity index is 1.31. The van der Waals surface area contributed by atoms with Gasteiger partial charge in [0.15, 0.2) is 0 Å². The van der Waals surface area contributed by atoms with Crippen LogP contribution in [0.15, 0.2) is 71.6 Å². The molecule has 2 N–H and O–H groups in total. The first-order chi connectivity index (χ1) is 20.1. The SMILES string of the molecule is CN1CCC(C)([C@]23NC(=O)c4ccccc4[C@H]2c2cc(-c4nnn(S(=O)(=O)c5ccc(C#N)cc5)n4)ccc2N3)CC1. The van der Waals surface area contributed by atoms with Gasteiger partial charge in [-0.3, -0.25) is 4.79 Å². The van der Waals surface area contributed by atoms with E-state index in [-0.39, 0.29) is 28.0 Å². The Kier molecular flexibility index (Phi) is 5.77. The van der Waals surface area contributed by atoms with Gasteiger partial charge in [0.1, 0.15) is 5.66 Å². The number of likely N-dealkylation sites (tertiary alicyclic amines) is 1. The van der Waals surface area contributed by atoms with E-state index in [1.807, 2.05) is 48.5 Å². The van der Waals surface area contributed by atoms with E-state index in [1.54, 1.807) is 0 Å². The number of anilines is 1. The van der Waals surface area contributed by atoms with E-state index in [2.05, 4.69) is 44.9 Å². The van der Waals surface area contributed by atoms with Gasteiger partial charge >= 0.3 is 10.0 Å². The zero-order chi connectivity index (χ0) is 29.3. The van der Waals surface area contributed by atoms with Gasteiger partial charge in [-0.15, -0.1) is 10.2 Å². The van der Waals surface area contributed by atoms with Gasteiger partial charge in [0.05, 0.1) is 22.4 Å². The standard InChI is InChI=1S/C30H28N8O3S/c1-29(13-15-37(2)16-14-29)30-26(22-5-3-4-6-23(22)28(39)33-30)24-17-20(9-12-25(24)32-30)27-34-36-38(35-27)42(40,41)21-10-7-19(18-31)8-11-21/h3-12,17,26,32H,13-16H2,1-2H3,(H,33,39)/t26-,30+/m0/s1. The zero-order valence-electron chi connectivity index (χ0n) is 23.1. The van der Waals surface area contributed by atoms with Gasteiger partial charge in [0, 0.05) is 22.2 Å². The lowest BCUT2D eigenvalue weighted by Gasteiger charge is -2.55. The Morgan fingerprint density at radius 2 is 1.74 bits per heavy atom. The van der Waals surface area contributed by atoms with Gasteiger partial charge < -0.3 is 15.5 Å². The van der Waals surface area contributed by atoms with Crippen LogP contribution in [0.5, 0.6) is 0 Å². The third-order valence-corrected chi connectivity index (χ3v) is 10.6. The second kappa shape index (κ2) is 9.20. The van der Waals surface area contributed by atoms with Crippen molar-refractivity contribution in [2.45, 2.75) is 36.2 Å². The smallest absolute Gasteiger partial charge is 0.300 e. The molecule has 212 valence electrons. The molecule has 3 aliphatic heterocycles. The van der Waals surface area contributed by atoms with Crippen molar-refractivity contribution in [3.05, 3.63) is 89.0 Å². The second-order valence-corrected chi connectivity index (χ2v) is 13.3. The summed E-state index contributed by atoms with van der Waals surface area (Å²) in [5.41, 5.74) is 3.43. The number of fused-ring (bicyclic) bond motifs is 5. The first kappa shape index (κ1) is 26.3. The molecule has 0 saturated carbocycles. The van der Waals surface area contributed by atoms with Crippen LogP contribution in [-0.4, -0.2) is 64.6 Å². The first-order valence-electron chi connectivity index (χ1n) is 13.7. The number of hydrogen-bond donors (Lipinski definition) is 2. The molecule has 11 nitrogen and oxygen atoms in total. The highest BCUT2D eigenvalue weighted by molar-refractivity contribution is 7.89. The predicted octanol–water partition coefficient (Wildman–Crippen LogP) is 3.18. The maximum atomic E-state index is 13.5. The van der Waals surface area contributed by atoms with Gasteiger partial charge in [-0.05, 0) is 102 Å². The molecule has 4 heterocycles. The Hall–Kier alpha value is -4.60. The predicted molar refractivity (Wildman–Crippen MR) is 154 cm³/mol. The largest absolute Gasteiger partial charge is 0.361 e. The topological polar surface area (TPSA) is 146 Å². The van der Waals surface area contributed by atoms with E-state index in [9.17, 15) is 13.2 Å². The molecule has 0 aliphatic carbocycles. The minimum atomic E-state index is -4.11. The number of amides is 1. The molecule has 42 heavy (non-hydrogen) atoms. The molecule has 1 saturated heterocycles. The van der Waals surface area contributed by atoms with E-state index in [1.165, 1.54) is 24.3 Å². The second-order valence-electron chi connectivity index (χ2n) is 11.6. The van der Waals surface area contributed by atoms with Crippen molar-refractivity contribution in [2.24, 2.45) is 5.41 Å². The first-order valence-corrected chi connectivity index (χ1v) is 15.2. The Bertz CT molecular complexity index is 1890. The van der Waals surface area contributed by atoms with Crippen molar-refractivity contribution in [1.82, 2.24) is 29.8 Å². The van der Waals surface area contributed by atoms with Crippen molar-refractivity contribution in [3.63, 3.8) is 0 Å². The number of hydrogen-bond acceptors (Lipinski definition) is 9. The summed E-state index contributed by atoms with van der Waals surface area (Å²) in [7, 11) is -1.99. The summed E-state index contributed by atoms with van der Waals surface area (Å²) < 4.78 is 26.9. The van der Waals surface area contributed by atoms with Crippen LogP contribution in [0.1, 0.15) is 52.7 Å². The van der Waals surface area contributed by atoms with Gasteiger partial charge in [-0.2, -0.15) is 13.7 Å². The molecule has 3 aromatic carbocycles. The lowest BCUT2D eigenvalue weighted by molar-refractivity contribution is 0.0321. The fourth-order valence-corrected chi connectivity index (χ4v) is 7.64. The molecule has 1 fully saturated rings. The molecule has 4 aromatic rings. The average Bonchev–Trinajstić information content (AvgIpc) is 3.63. The number of benzene rings is 3. The summed E-state index contributed by atoms with van der Waals surface area (Å²) in [6.45, 7) is 4.10. The summed E-state index contributed by atoms with van der Waals surface area (Å²) >= 11 is 0. The molecule has 1 amide bonds. The molecule has 12 heteroatoms. The molecule has 3 aliphatic rings. The molecule has 0 spiro atoms. The normalized spacial score (nSPS) is 22.7. The molecular weight excluding hydrogens is 552 g/mol. The summed E-state index contributed by atoms with van der Waals surface area (Å²) in [6.07, 6.45) is 1.80. The van der Waals surface area contributed by atoms with E-state index in [0.29, 0.717) is 20.9 Å². The third-order valence-electron chi connectivity index (χ3n) is 9.15. The number of carbonyl (C=O) groups excluding carboxylic acids is 1. The van der Waals surface area contributed by atoms with Gasteiger partial charge in [0.2, 0.25) is 5.82 Å². The van der Waals surface area contributed by atoms with Crippen molar-refractivity contribution in [3.8, 4) is 17.5 Å². The monoisotopic (exact) mass is 580 g/mol. The highest BCUT2D eigenvalue weighted by Crippen LogP contribution is 2.58. The van der Waals surface area contributed by atoms with E-state index < -0.39 is 15.7 Å². The quantitative estimate of drug-likeness (QED) is 0.372. The van der Waals surface area contributed by atoms with Crippen LogP contribution in [-0.2, 0) is 10.0 Å². The van der Waals surface area contributed by atoms with E-state index >= 15 is 0 Å². The summed E-state index contributed by atoms with van der Waals surface area (Å²) in [4.78, 5) is 15.8. The zero-order valence-corrected chi connectivity index (χ0v) is 23.9. The number of carbonyl (C=O) groups is 1. The van der Waals surface area contributed by atoms with Gasteiger partial charge in [-0.1, -0.05) is 25.1 Å². The van der Waals surface area contributed by atoms with Crippen LogP contribution in [0.4, 0.5) is 5.69 Å². The number of nitriles is 1. The summed E-state index contributed by atoms with van der Waals surface area (Å²) in [5, 5.41) is 28.4. The number of nitrogens with zero attached hydrogens (tertiary/aromatic N) is 6. The van der Waals surface area contributed by atoms with Crippen LogP contribution < -0.4 is 10.6 Å². The summed E-state index contributed by atoms with van der Waals surface area (Å²) in [6, 6.07) is 21.0. The number of piperidine rings is 1. The molecule has 1 aromatic heterocycles. The number of tetrazole rings is 1. The fourth-order valence-electron chi connectivity index (χ4n) is 6.65. The van der Waals surface area contributed by atoms with Crippen LogP contribution in [0.3, 0.4) is 0 Å². The maximum Gasteiger partial charge on any atom is 0.300 e. The Morgan fingerprint density at radius 3 is 2.48 bits per heavy atom. The Labute approximate surface area is 243 Å². The molecular formula is C30H28N8O3S. The number of aromatic nitrogens is 4. The fraction of sp³-hybridized carbons (Fsp3) is 0.300. The van der Waals surface area contributed by atoms with Crippen LogP contribution in [0, 0.1) is 16.7 Å². The third kappa shape index (κ3) is 3.77. The number of rotatable bonds is 4. The minimum absolute atomic E-state index is 0.0469. The highest BCUT2D eigenvalue weighted by atomic mass is 32.2. The molecule has 0 bridgehead atoms.